The van der Waals surface area contributed by atoms with Crippen molar-refractivity contribution in [2.75, 3.05) is 13.7 Å². The second-order valence-corrected chi connectivity index (χ2v) is 2.78. The van der Waals surface area contributed by atoms with E-state index in [1.165, 1.54) is 0 Å². The molecule has 1 heterocycles. The van der Waals surface area contributed by atoms with Crippen LogP contribution in [0.2, 0.25) is 0 Å². The van der Waals surface area contributed by atoms with E-state index in [-0.39, 0.29) is 12.6 Å². The van der Waals surface area contributed by atoms with Crippen LogP contribution >= 0.6 is 0 Å². The lowest BCUT2D eigenvalue weighted by atomic mass is 10.1. The number of aliphatic hydroxyl groups is 1. The second kappa shape index (κ2) is 4.79. The topological polar surface area (TPSA) is 68.4 Å². The molecule has 0 aliphatic heterocycles. The van der Waals surface area contributed by atoms with Crippen LogP contribution in [0, 0.1) is 0 Å². The van der Waals surface area contributed by atoms with Crippen LogP contribution in [0.25, 0.3) is 0 Å². The van der Waals surface area contributed by atoms with Crippen molar-refractivity contribution in [1.29, 1.82) is 0 Å². The quantitative estimate of drug-likeness (QED) is 0.710. The Balaban J connectivity index is 2.75. The molecule has 0 bridgehead atoms. The molecule has 0 aromatic carbocycles. The molecule has 0 spiro atoms. The number of hydrogen-bond acceptors (Lipinski definition) is 4. The van der Waals surface area contributed by atoms with Gasteiger partial charge in [0.05, 0.1) is 13.3 Å². The van der Waals surface area contributed by atoms with Gasteiger partial charge in [0.2, 0.25) is 0 Å². The molecule has 0 fully saturated rings. The fourth-order valence-electron chi connectivity index (χ4n) is 1.06. The van der Waals surface area contributed by atoms with E-state index in [0.29, 0.717) is 12.2 Å². The Hall–Kier alpha value is -1.13. The van der Waals surface area contributed by atoms with E-state index in [1.807, 2.05) is 6.07 Å². The van der Waals surface area contributed by atoms with E-state index in [4.69, 9.17) is 15.6 Å². The van der Waals surface area contributed by atoms with E-state index < -0.39 is 0 Å². The highest BCUT2D eigenvalue weighted by atomic mass is 16.5. The minimum Gasteiger partial charge on any atom is -0.495 e. The monoisotopic (exact) mass is 182 g/mol. The van der Waals surface area contributed by atoms with Gasteiger partial charge in [0.15, 0.2) is 0 Å². The Bertz CT molecular complexity index is 266. The highest BCUT2D eigenvalue weighted by molar-refractivity contribution is 5.25. The molecule has 0 saturated heterocycles. The van der Waals surface area contributed by atoms with Crippen LogP contribution in [0.1, 0.15) is 18.0 Å². The van der Waals surface area contributed by atoms with Crippen LogP contribution < -0.4 is 10.5 Å². The van der Waals surface area contributed by atoms with Gasteiger partial charge in [-0.2, -0.15) is 0 Å². The minimum absolute atomic E-state index is 0.0817. The molecule has 0 saturated carbocycles. The first-order valence-electron chi connectivity index (χ1n) is 4.13. The summed E-state index contributed by atoms with van der Waals surface area (Å²) in [5.41, 5.74) is 6.66. The molecule has 4 heteroatoms. The largest absolute Gasteiger partial charge is 0.495 e. The average Bonchev–Trinajstić information content (AvgIpc) is 2.18. The van der Waals surface area contributed by atoms with Gasteiger partial charge >= 0.3 is 0 Å². The van der Waals surface area contributed by atoms with E-state index in [0.717, 1.165) is 5.56 Å². The van der Waals surface area contributed by atoms with Crippen molar-refractivity contribution >= 4 is 0 Å². The Morgan fingerprint density at radius 2 is 2.38 bits per heavy atom. The zero-order valence-corrected chi connectivity index (χ0v) is 7.60. The normalized spacial score (nSPS) is 12.5. The van der Waals surface area contributed by atoms with E-state index in [1.54, 1.807) is 19.5 Å². The summed E-state index contributed by atoms with van der Waals surface area (Å²) in [4.78, 5) is 3.97. The van der Waals surface area contributed by atoms with Crippen LogP contribution in [0.15, 0.2) is 18.5 Å². The molecule has 4 nitrogen and oxygen atoms in total. The lowest BCUT2D eigenvalue weighted by Gasteiger charge is -2.10. The number of ether oxygens (including phenoxy) is 1. The lowest BCUT2D eigenvalue weighted by molar-refractivity contribution is 0.276. The summed E-state index contributed by atoms with van der Waals surface area (Å²) in [5.74, 6) is 0.686. The van der Waals surface area contributed by atoms with Gasteiger partial charge in [-0.15, -0.1) is 0 Å². The fourth-order valence-corrected chi connectivity index (χ4v) is 1.06. The van der Waals surface area contributed by atoms with Gasteiger partial charge in [0.1, 0.15) is 5.75 Å². The summed E-state index contributed by atoms with van der Waals surface area (Å²) in [5, 5.41) is 8.69. The molecule has 1 aromatic heterocycles. The van der Waals surface area contributed by atoms with Crippen molar-refractivity contribution in [2.45, 2.75) is 12.5 Å². The first-order valence-corrected chi connectivity index (χ1v) is 4.13. The summed E-state index contributed by atoms with van der Waals surface area (Å²) >= 11 is 0. The SMILES string of the molecule is COc1cncc([C@H](N)CCO)c1. The Morgan fingerprint density at radius 1 is 1.62 bits per heavy atom. The van der Waals surface area contributed by atoms with Crippen LogP contribution in [0.3, 0.4) is 0 Å². The van der Waals surface area contributed by atoms with Gasteiger partial charge in [-0.1, -0.05) is 0 Å². The zero-order valence-electron chi connectivity index (χ0n) is 7.60. The molecule has 0 aliphatic carbocycles. The van der Waals surface area contributed by atoms with Gasteiger partial charge in [-0.25, -0.2) is 0 Å². The summed E-state index contributed by atoms with van der Waals surface area (Å²) in [6.07, 6.45) is 3.84. The van der Waals surface area contributed by atoms with Crippen LogP contribution in [0.5, 0.6) is 5.75 Å². The zero-order chi connectivity index (χ0) is 9.68. The van der Waals surface area contributed by atoms with Crippen molar-refractivity contribution in [2.24, 2.45) is 5.73 Å². The molecule has 0 aliphatic rings. The highest BCUT2D eigenvalue weighted by Crippen LogP contribution is 2.17. The van der Waals surface area contributed by atoms with Crippen LogP contribution in [-0.2, 0) is 0 Å². The third kappa shape index (κ3) is 2.68. The predicted octanol–water partition coefficient (Wildman–Crippen LogP) is 0.472. The van der Waals surface area contributed by atoms with Gasteiger partial charge in [-0.05, 0) is 18.1 Å². The van der Waals surface area contributed by atoms with Gasteiger partial charge in [-0.3, -0.25) is 4.98 Å². The first kappa shape index (κ1) is 9.95. The molecular formula is C9H14N2O2. The molecule has 72 valence electrons. The maximum absolute atomic E-state index is 8.69. The van der Waals surface area contributed by atoms with Gasteiger partial charge < -0.3 is 15.6 Å². The summed E-state index contributed by atoms with van der Waals surface area (Å²) in [6, 6.07) is 1.65. The number of aliphatic hydroxyl groups excluding tert-OH is 1. The molecule has 0 amide bonds. The number of methoxy groups -OCH3 is 1. The molecule has 1 aromatic rings. The molecule has 1 rings (SSSR count). The van der Waals surface area contributed by atoms with Crippen LogP contribution in [0.4, 0.5) is 0 Å². The Morgan fingerprint density at radius 3 is 3.00 bits per heavy atom. The number of nitrogens with zero attached hydrogens (tertiary/aromatic N) is 1. The van der Waals surface area contributed by atoms with Crippen molar-refractivity contribution in [1.82, 2.24) is 4.98 Å². The van der Waals surface area contributed by atoms with Crippen molar-refractivity contribution in [3.8, 4) is 5.75 Å². The van der Waals surface area contributed by atoms with E-state index >= 15 is 0 Å². The van der Waals surface area contributed by atoms with Gasteiger partial charge in [0.25, 0.3) is 0 Å². The van der Waals surface area contributed by atoms with Crippen molar-refractivity contribution in [3.05, 3.63) is 24.0 Å². The number of pyridine rings is 1. The standard InChI is InChI=1S/C9H14N2O2/c1-13-8-4-7(5-11-6-8)9(10)2-3-12/h4-6,9,12H,2-3,10H2,1H3/t9-/m1/s1. The van der Waals surface area contributed by atoms with E-state index in [2.05, 4.69) is 4.98 Å². The molecular weight excluding hydrogens is 168 g/mol. The lowest BCUT2D eigenvalue weighted by Crippen LogP contribution is -2.12. The third-order valence-electron chi connectivity index (χ3n) is 1.84. The predicted molar refractivity (Wildman–Crippen MR) is 49.4 cm³/mol. The molecule has 3 N–H and O–H groups in total. The maximum Gasteiger partial charge on any atom is 0.137 e. The van der Waals surface area contributed by atoms with E-state index in [9.17, 15) is 0 Å². The smallest absolute Gasteiger partial charge is 0.137 e. The van der Waals surface area contributed by atoms with Crippen LogP contribution in [-0.4, -0.2) is 23.8 Å². The average molecular weight is 182 g/mol. The third-order valence-corrected chi connectivity index (χ3v) is 1.84. The van der Waals surface area contributed by atoms with Crippen molar-refractivity contribution < 1.29 is 9.84 Å². The second-order valence-electron chi connectivity index (χ2n) is 2.78. The number of aromatic nitrogens is 1. The molecule has 0 unspecified atom stereocenters. The first-order chi connectivity index (χ1) is 6.27. The fraction of sp³-hybridized carbons (Fsp3) is 0.444. The highest BCUT2D eigenvalue weighted by Gasteiger charge is 2.06. The summed E-state index contributed by atoms with van der Waals surface area (Å²) < 4.78 is 5.00. The Labute approximate surface area is 77.4 Å². The molecule has 0 radical (unpaired) electrons. The van der Waals surface area contributed by atoms with Crippen molar-refractivity contribution in [3.63, 3.8) is 0 Å². The summed E-state index contributed by atoms with van der Waals surface area (Å²) in [6.45, 7) is 0.0817. The number of rotatable bonds is 4. The summed E-state index contributed by atoms with van der Waals surface area (Å²) in [7, 11) is 1.58. The minimum atomic E-state index is -0.174. The maximum atomic E-state index is 8.69. The molecule has 1 atom stereocenters. The number of hydrogen-bond donors (Lipinski definition) is 2. The molecule has 13 heavy (non-hydrogen) atoms. The van der Waals surface area contributed by atoms with Gasteiger partial charge in [0, 0.05) is 18.8 Å². The number of nitrogens with two attached hydrogens (primary N) is 1. The Kier molecular flexibility index (Phi) is 3.67.